The highest BCUT2D eigenvalue weighted by Crippen LogP contribution is 2.35. The highest BCUT2D eigenvalue weighted by molar-refractivity contribution is 7.14. The molecule has 0 aliphatic carbocycles. The molecule has 0 N–H and O–H groups in total. The second-order valence-electron chi connectivity index (χ2n) is 6.88. The highest BCUT2D eigenvalue weighted by Gasteiger charge is 2.29. The molecule has 2 aromatic rings. The lowest BCUT2D eigenvalue weighted by Gasteiger charge is -2.38. The van der Waals surface area contributed by atoms with Crippen LogP contribution in [0.25, 0.3) is 11.1 Å². The number of thiophene rings is 1. The van der Waals surface area contributed by atoms with Gasteiger partial charge in [0.15, 0.2) is 0 Å². The van der Waals surface area contributed by atoms with Crippen LogP contribution in [0, 0.1) is 22.6 Å². The van der Waals surface area contributed by atoms with E-state index in [1.165, 1.54) is 11.3 Å². The fraction of sp³-hybridized carbons (Fsp3) is 0.522. The summed E-state index contributed by atoms with van der Waals surface area (Å²) >= 11 is 7.35. The maximum Gasteiger partial charge on any atom is 0.131 e. The van der Waals surface area contributed by atoms with E-state index in [4.69, 9.17) is 16.9 Å². The highest BCUT2D eigenvalue weighted by atomic mass is 35.5. The molecule has 1 aliphatic heterocycles. The Kier molecular flexibility index (Phi) is 10.7. The Labute approximate surface area is 179 Å². The SMILES string of the molecule is CC.CC.CC1(CC#N)CCN(Cc2ccc(-c3csc(Cl)c3)c(F)c2)CC1. The zero-order valence-electron chi connectivity index (χ0n) is 17.7. The number of likely N-dealkylation sites (tertiary alicyclic amines) is 1. The predicted octanol–water partition coefficient (Wildman–Crippen LogP) is 7.78. The molecule has 1 fully saturated rings. The van der Waals surface area contributed by atoms with E-state index in [1.807, 2.05) is 45.2 Å². The first-order valence-electron chi connectivity index (χ1n) is 10.1. The van der Waals surface area contributed by atoms with Crippen molar-refractivity contribution in [3.8, 4) is 17.2 Å². The van der Waals surface area contributed by atoms with E-state index in [9.17, 15) is 4.39 Å². The molecule has 0 bridgehead atoms. The molecule has 0 radical (unpaired) electrons. The van der Waals surface area contributed by atoms with Crippen molar-refractivity contribution in [3.63, 3.8) is 0 Å². The van der Waals surface area contributed by atoms with Gasteiger partial charge in [-0.25, -0.2) is 4.39 Å². The Hall–Kier alpha value is -1.41. The third kappa shape index (κ3) is 6.88. The molecule has 0 unspecified atom stereocenters. The Morgan fingerprint density at radius 1 is 1.18 bits per heavy atom. The van der Waals surface area contributed by atoms with Gasteiger partial charge in [0.05, 0.1) is 10.4 Å². The molecule has 0 atom stereocenters. The van der Waals surface area contributed by atoms with Crippen molar-refractivity contribution in [2.24, 2.45) is 5.41 Å². The van der Waals surface area contributed by atoms with E-state index in [-0.39, 0.29) is 11.2 Å². The predicted molar refractivity (Wildman–Crippen MR) is 120 cm³/mol. The maximum atomic E-state index is 14.4. The van der Waals surface area contributed by atoms with Crippen LogP contribution >= 0.6 is 22.9 Å². The number of hydrogen-bond acceptors (Lipinski definition) is 3. The van der Waals surface area contributed by atoms with Gasteiger partial charge in [0, 0.05) is 23.9 Å². The standard InChI is InChI=1S/C19H20ClFN2S.2C2H6/c1-19(4-7-22)5-8-23(9-6-19)12-14-2-3-16(17(21)10-14)15-11-18(20)24-13-15;2*1-2/h2-3,10-11,13H,4-6,8-9,12H2,1H3;2*1-2H3. The van der Waals surface area contributed by atoms with Crippen LogP contribution in [0.15, 0.2) is 29.6 Å². The minimum Gasteiger partial charge on any atom is -0.299 e. The first-order valence-corrected chi connectivity index (χ1v) is 11.4. The van der Waals surface area contributed by atoms with Crippen molar-refractivity contribution < 1.29 is 4.39 Å². The molecule has 3 rings (SSSR count). The van der Waals surface area contributed by atoms with Crippen LogP contribution in [0.5, 0.6) is 0 Å². The molecule has 0 spiro atoms. The molecule has 1 aliphatic rings. The van der Waals surface area contributed by atoms with Crippen LogP contribution in [0.3, 0.4) is 0 Å². The third-order valence-electron chi connectivity index (χ3n) is 4.89. The smallest absolute Gasteiger partial charge is 0.131 e. The van der Waals surface area contributed by atoms with Gasteiger partial charge in [-0.3, -0.25) is 4.90 Å². The van der Waals surface area contributed by atoms with Gasteiger partial charge in [-0.1, -0.05) is 58.4 Å². The van der Waals surface area contributed by atoms with E-state index < -0.39 is 0 Å². The average molecular weight is 423 g/mol. The zero-order valence-corrected chi connectivity index (χ0v) is 19.3. The topological polar surface area (TPSA) is 27.0 Å². The first-order chi connectivity index (χ1) is 13.5. The Balaban J connectivity index is 0.000000921. The fourth-order valence-electron chi connectivity index (χ4n) is 3.22. The third-order valence-corrected chi connectivity index (χ3v) is 5.98. The summed E-state index contributed by atoms with van der Waals surface area (Å²) in [4.78, 5) is 2.34. The van der Waals surface area contributed by atoms with Crippen molar-refractivity contribution >= 4 is 22.9 Å². The number of piperidine rings is 1. The molecule has 2 nitrogen and oxygen atoms in total. The number of rotatable bonds is 4. The molecule has 5 heteroatoms. The Morgan fingerprint density at radius 2 is 1.82 bits per heavy atom. The van der Waals surface area contributed by atoms with Crippen molar-refractivity contribution in [2.45, 2.75) is 60.4 Å². The van der Waals surface area contributed by atoms with Gasteiger partial charge < -0.3 is 0 Å². The lowest BCUT2D eigenvalue weighted by molar-refractivity contribution is 0.116. The molecule has 1 saturated heterocycles. The van der Waals surface area contributed by atoms with Crippen LogP contribution in [0.4, 0.5) is 4.39 Å². The molecule has 154 valence electrons. The van der Waals surface area contributed by atoms with Gasteiger partial charge in [0.1, 0.15) is 5.82 Å². The summed E-state index contributed by atoms with van der Waals surface area (Å²) in [5.41, 5.74) is 2.56. The normalized spacial score (nSPS) is 15.5. The average Bonchev–Trinajstić information content (AvgIpc) is 3.13. The van der Waals surface area contributed by atoms with Gasteiger partial charge >= 0.3 is 0 Å². The van der Waals surface area contributed by atoms with Crippen molar-refractivity contribution in [2.75, 3.05) is 13.1 Å². The van der Waals surface area contributed by atoms with Gasteiger partial charge in [-0.05, 0) is 54.6 Å². The molecule has 1 aromatic carbocycles. The number of hydrogen-bond donors (Lipinski definition) is 0. The summed E-state index contributed by atoms with van der Waals surface area (Å²) in [5.74, 6) is -0.201. The van der Waals surface area contributed by atoms with Crippen molar-refractivity contribution in [3.05, 3.63) is 45.4 Å². The largest absolute Gasteiger partial charge is 0.299 e. The second-order valence-corrected chi connectivity index (χ2v) is 8.42. The summed E-state index contributed by atoms with van der Waals surface area (Å²) in [6.07, 6.45) is 2.66. The van der Waals surface area contributed by atoms with E-state index in [0.717, 1.165) is 43.6 Å². The van der Waals surface area contributed by atoms with Gasteiger partial charge in [0.25, 0.3) is 0 Å². The van der Waals surface area contributed by atoms with Crippen LogP contribution in [0.1, 0.15) is 59.4 Å². The number of benzene rings is 1. The monoisotopic (exact) mass is 422 g/mol. The molecule has 1 aromatic heterocycles. The van der Waals surface area contributed by atoms with E-state index in [1.54, 1.807) is 12.1 Å². The summed E-state index contributed by atoms with van der Waals surface area (Å²) in [6.45, 7) is 12.9. The van der Waals surface area contributed by atoms with E-state index in [0.29, 0.717) is 16.3 Å². The Bertz CT molecular complexity index is 758. The van der Waals surface area contributed by atoms with Gasteiger partial charge in [-0.2, -0.15) is 5.26 Å². The van der Waals surface area contributed by atoms with Crippen LogP contribution in [0.2, 0.25) is 4.34 Å². The maximum absolute atomic E-state index is 14.4. The lowest BCUT2D eigenvalue weighted by atomic mass is 9.78. The summed E-state index contributed by atoms with van der Waals surface area (Å²) < 4.78 is 15.1. The zero-order chi connectivity index (χ0) is 21.2. The fourth-order valence-corrected chi connectivity index (χ4v) is 4.10. The van der Waals surface area contributed by atoms with Crippen molar-refractivity contribution in [1.29, 1.82) is 5.26 Å². The summed E-state index contributed by atoms with van der Waals surface area (Å²) in [6, 6.07) is 9.56. The van der Waals surface area contributed by atoms with Gasteiger partial charge in [0.2, 0.25) is 0 Å². The molecular formula is C23H32ClFN2S. The van der Waals surface area contributed by atoms with Crippen molar-refractivity contribution in [1.82, 2.24) is 4.90 Å². The molecule has 28 heavy (non-hydrogen) atoms. The lowest BCUT2D eigenvalue weighted by Crippen LogP contribution is -2.38. The minimum atomic E-state index is -0.201. The molecule has 0 amide bonds. The number of nitriles is 1. The molecule has 0 saturated carbocycles. The molecular weight excluding hydrogens is 391 g/mol. The second kappa shape index (κ2) is 12.2. The Morgan fingerprint density at radius 3 is 2.32 bits per heavy atom. The van der Waals surface area contributed by atoms with Crippen LogP contribution < -0.4 is 0 Å². The quantitative estimate of drug-likeness (QED) is 0.502. The summed E-state index contributed by atoms with van der Waals surface area (Å²) in [7, 11) is 0. The van der Waals surface area contributed by atoms with Crippen LogP contribution in [-0.2, 0) is 6.54 Å². The van der Waals surface area contributed by atoms with Crippen LogP contribution in [-0.4, -0.2) is 18.0 Å². The van der Waals surface area contributed by atoms with E-state index >= 15 is 0 Å². The first kappa shape index (κ1) is 24.6. The number of nitrogens with zero attached hydrogens (tertiary/aromatic N) is 2. The summed E-state index contributed by atoms with van der Waals surface area (Å²) in [5, 5.41) is 10.8. The minimum absolute atomic E-state index is 0.137. The number of halogens is 2. The molecule has 2 heterocycles. The van der Waals surface area contributed by atoms with Gasteiger partial charge in [-0.15, -0.1) is 11.3 Å². The van der Waals surface area contributed by atoms with E-state index in [2.05, 4.69) is 17.9 Å².